The molecule has 0 saturated heterocycles. The zero-order chi connectivity index (χ0) is 16.1. The van der Waals surface area contributed by atoms with Crippen molar-refractivity contribution in [2.45, 2.75) is 20.0 Å². The average molecular weight is 364 g/mol. The summed E-state index contributed by atoms with van der Waals surface area (Å²) in [6, 6.07) is 7.08. The molecule has 1 amide bonds. The van der Waals surface area contributed by atoms with Gasteiger partial charge >= 0.3 is 5.97 Å². The van der Waals surface area contributed by atoms with Gasteiger partial charge < -0.3 is 10.1 Å². The summed E-state index contributed by atoms with van der Waals surface area (Å²) >= 11 is 3.31. The summed E-state index contributed by atoms with van der Waals surface area (Å²) in [5.41, 5.74) is 1.37. The van der Waals surface area contributed by atoms with E-state index in [1.807, 2.05) is 0 Å². The van der Waals surface area contributed by atoms with Crippen molar-refractivity contribution in [1.29, 1.82) is 0 Å². The number of nitrogens with one attached hydrogen (secondary N) is 1. The molecular weight excluding hydrogens is 350 g/mol. The summed E-state index contributed by atoms with van der Waals surface area (Å²) in [6.45, 7) is 3.25. The lowest BCUT2D eigenvalue weighted by Crippen LogP contribution is -2.30. The van der Waals surface area contributed by atoms with Crippen molar-refractivity contribution in [3.8, 4) is 0 Å². The topological polar surface area (TPSA) is 81.2 Å². The van der Waals surface area contributed by atoms with Gasteiger partial charge in [-0.05, 0) is 38.1 Å². The first-order chi connectivity index (χ1) is 10.5. The fourth-order valence-corrected chi connectivity index (χ4v) is 1.81. The van der Waals surface area contributed by atoms with Gasteiger partial charge in [-0.25, -0.2) is 9.78 Å². The lowest BCUT2D eigenvalue weighted by molar-refractivity contribution is -0.123. The van der Waals surface area contributed by atoms with E-state index < -0.39 is 18.0 Å². The van der Waals surface area contributed by atoms with E-state index >= 15 is 0 Å². The van der Waals surface area contributed by atoms with Crippen LogP contribution in [0, 0.1) is 6.92 Å². The van der Waals surface area contributed by atoms with Crippen LogP contribution >= 0.6 is 15.9 Å². The SMILES string of the molecule is Cc1cnc(C(=O)O[C@H](C)C(=O)Nc2ccc(Br)cc2)cn1. The number of anilines is 1. The molecule has 6 nitrogen and oxygen atoms in total. The maximum atomic E-state index is 12.0. The van der Waals surface area contributed by atoms with E-state index in [4.69, 9.17) is 4.74 Å². The van der Waals surface area contributed by atoms with Crippen molar-refractivity contribution in [3.63, 3.8) is 0 Å². The minimum Gasteiger partial charge on any atom is -0.448 e. The Morgan fingerprint density at radius 1 is 1.18 bits per heavy atom. The van der Waals surface area contributed by atoms with E-state index in [1.54, 1.807) is 31.2 Å². The van der Waals surface area contributed by atoms with Crippen molar-refractivity contribution < 1.29 is 14.3 Å². The van der Waals surface area contributed by atoms with E-state index in [0.717, 1.165) is 4.47 Å². The number of nitrogens with zero attached hydrogens (tertiary/aromatic N) is 2. The Kier molecular flexibility index (Phi) is 5.21. The fraction of sp³-hybridized carbons (Fsp3) is 0.200. The van der Waals surface area contributed by atoms with Gasteiger partial charge in [0.25, 0.3) is 5.91 Å². The quantitative estimate of drug-likeness (QED) is 0.844. The first kappa shape index (κ1) is 16.1. The Morgan fingerprint density at radius 3 is 2.45 bits per heavy atom. The minimum absolute atomic E-state index is 0.0638. The molecule has 0 saturated carbocycles. The first-order valence-electron chi connectivity index (χ1n) is 6.52. The van der Waals surface area contributed by atoms with Gasteiger partial charge in [0.15, 0.2) is 11.8 Å². The minimum atomic E-state index is -0.945. The molecular formula is C15H14BrN3O3. The highest BCUT2D eigenvalue weighted by molar-refractivity contribution is 9.10. The van der Waals surface area contributed by atoms with E-state index in [9.17, 15) is 9.59 Å². The maximum Gasteiger partial charge on any atom is 0.359 e. The second kappa shape index (κ2) is 7.13. The van der Waals surface area contributed by atoms with E-state index in [1.165, 1.54) is 19.3 Å². The van der Waals surface area contributed by atoms with Crippen LogP contribution in [0.3, 0.4) is 0 Å². The molecule has 1 heterocycles. The van der Waals surface area contributed by atoms with Gasteiger partial charge in [-0.3, -0.25) is 9.78 Å². The van der Waals surface area contributed by atoms with Gasteiger partial charge in [0.2, 0.25) is 0 Å². The van der Waals surface area contributed by atoms with Gasteiger partial charge in [-0.15, -0.1) is 0 Å². The van der Waals surface area contributed by atoms with Crippen molar-refractivity contribution in [2.24, 2.45) is 0 Å². The third kappa shape index (κ3) is 4.36. The summed E-state index contributed by atoms with van der Waals surface area (Å²) < 4.78 is 5.98. The molecule has 0 fully saturated rings. The number of hydrogen-bond donors (Lipinski definition) is 1. The highest BCUT2D eigenvalue weighted by Crippen LogP contribution is 2.14. The number of halogens is 1. The normalized spacial score (nSPS) is 11.6. The molecule has 0 aliphatic carbocycles. The molecule has 2 rings (SSSR count). The second-order valence-electron chi connectivity index (χ2n) is 4.59. The van der Waals surface area contributed by atoms with Gasteiger partial charge in [-0.1, -0.05) is 15.9 Å². The summed E-state index contributed by atoms with van der Waals surface area (Å²) in [5.74, 6) is -1.11. The molecule has 2 aromatic rings. The number of benzene rings is 1. The Bertz CT molecular complexity index is 671. The van der Waals surface area contributed by atoms with Crippen molar-refractivity contribution in [1.82, 2.24) is 9.97 Å². The molecule has 1 N–H and O–H groups in total. The predicted molar refractivity (Wildman–Crippen MR) is 84.4 cm³/mol. The fourth-order valence-electron chi connectivity index (χ4n) is 1.55. The molecule has 0 radical (unpaired) electrons. The average Bonchev–Trinajstić information content (AvgIpc) is 2.50. The Morgan fingerprint density at radius 2 is 1.86 bits per heavy atom. The lowest BCUT2D eigenvalue weighted by Gasteiger charge is -2.13. The number of aryl methyl sites for hydroxylation is 1. The van der Waals surface area contributed by atoms with Crippen LogP contribution < -0.4 is 5.32 Å². The van der Waals surface area contributed by atoms with Crippen LogP contribution in [-0.2, 0) is 9.53 Å². The number of carbonyl (C=O) groups is 2. The highest BCUT2D eigenvalue weighted by atomic mass is 79.9. The molecule has 1 atom stereocenters. The third-order valence-electron chi connectivity index (χ3n) is 2.75. The first-order valence-corrected chi connectivity index (χ1v) is 7.31. The largest absolute Gasteiger partial charge is 0.448 e. The van der Waals surface area contributed by atoms with Crippen LogP contribution in [-0.4, -0.2) is 27.9 Å². The van der Waals surface area contributed by atoms with Crippen LogP contribution in [0.5, 0.6) is 0 Å². The molecule has 1 aromatic heterocycles. The molecule has 22 heavy (non-hydrogen) atoms. The van der Waals surface area contributed by atoms with Gasteiger partial charge in [0, 0.05) is 16.4 Å². The summed E-state index contributed by atoms with van der Waals surface area (Å²) in [6.07, 6.45) is 1.83. The van der Waals surface area contributed by atoms with E-state index in [-0.39, 0.29) is 5.69 Å². The Balaban J connectivity index is 1.94. The zero-order valence-electron chi connectivity index (χ0n) is 12.0. The summed E-state index contributed by atoms with van der Waals surface area (Å²) in [5, 5.41) is 2.66. The maximum absolute atomic E-state index is 12.0. The zero-order valence-corrected chi connectivity index (χ0v) is 13.6. The highest BCUT2D eigenvalue weighted by Gasteiger charge is 2.20. The van der Waals surface area contributed by atoms with Crippen LogP contribution in [0.25, 0.3) is 0 Å². The monoisotopic (exact) mass is 363 g/mol. The lowest BCUT2D eigenvalue weighted by atomic mass is 10.3. The molecule has 0 aliphatic heterocycles. The molecule has 0 aliphatic rings. The summed E-state index contributed by atoms with van der Waals surface area (Å²) in [4.78, 5) is 31.7. The molecule has 1 aromatic carbocycles. The van der Waals surface area contributed by atoms with Crippen molar-refractivity contribution >= 4 is 33.5 Å². The number of esters is 1. The Hall–Kier alpha value is -2.28. The smallest absolute Gasteiger partial charge is 0.359 e. The van der Waals surface area contributed by atoms with Crippen LogP contribution in [0.1, 0.15) is 23.1 Å². The number of amides is 1. The molecule has 114 valence electrons. The summed E-state index contributed by atoms with van der Waals surface area (Å²) in [7, 11) is 0. The van der Waals surface area contributed by atoms with E-state index in [2.05, 4.69) is 31.2 Å². The van der Waals surface area contributed by atoms with E-state index in [0.29, 0.717) is 11.4 Å². The number of rotatable bonds is 4. The predicted octanol–water partition coefficient (Wildman–Crippen LogP) is 2.73. The van der Waals surface area contributed by atoms with Crippen molar-refractivity contribution in [2.75, 3.05) is 5.32 Å². The Labute approximate surface area is 136 Å². The number of carbonyl (C=O) groups excluding carboxylic acids is 2. The number of hydrogen-bond acceptors (Lipinski definition) is 5. The van der Waals surface area contributed by atoms with Crippen LogP contribution in [0.15, 0.2) is 41.1 Å². The molecule has 0 unspecified atom stereocenters. The molecule has 0 bridgehead atoms. The number of ether oxygens (including phenoxy) is 1. The van der Waals surface area contributed by atoms with Crippen LogP contribution in [0.4, 0.5) is 5.69 Å². The van der Waals surface area contributed by atoms with Gasteiger partial charge in [0.1, 0.15) is 0 Å². The molecule has 7 heteroatoms. The molecule has 0 spiro atoms. The van der Waals surface area contributed by atoms with Gasteiger partial charge in [0.05, 0.1) is 11.9 Å². The number of aromatic nitrogens is 2. The second-order valence-corrected chi connectivity index (χ2v) is 5.50. The van der Waals surface area contributed by atoms with Gasteiger partial charge in [-0.2, -0.15) is 0 Å². The van der Waals surface area contributed by atoms with Crippen LogP contribution in [0.2, 0.25) is 0 Å². The van der Waals surface area contributed by atoms with Crippen molar-refractivity contribution in [3.05, 3.63) is 52.5 Å². The third-order valence-corrected chi connectivity index (χ3v) is 3.28. The standard InChI is InChI=1S/C15H14BrN3O3/c1-9-7-18-13(8-17-9)15(21)22-10(2)14(20)19-12-5-3-11(16)4-6-12/h3-8,10H,1-2H3,(H,19,20)/t10-/m1/s1.